The predicted octanol–water partition coefficient (Wildman–Crippen LogP) is 3.24. The van der Waals surface area contributed by atoms with E-state index in [4.69, 9.17) is 9.47 Å². The third-order valence-electron chi connectivity index (χ3n) is 3.24. The Kier molecular flexibility index (Phi) is 5.68. The summed E-state index contributed by atoms with van der Waals surface area (Å²) in [5, 5.41) is 0. The standard InChI is InChI=1S/C18H17NO5/c1-4-13(18(21)23-3)14-7-5-6-8-15(14)24-16-10-9-12(11-19-16)17(20)22-2/h4-11H,1-3H3. The minimum atomic E-state index is -0.476. The van der Waals surface area contributed by atoms with E-state index in [1.807, 2.05) is 0 Å². The number of carbonyl (C=O) groups excluding carboxylic acids is 2. The van der Waals surface area contributed by atoms with Crippen molar-refractivity contribution in [1.29, 1.82) is 0 Å². The van der Waals surface area contributed by atoms with Crippen LogP contribution in [-0.4, -0.2) is 31.1 Å². The molecule has 6 heteroatoms. The first-order chi connectivity index (χ1) is 11.6. The van der Waals surface area contributed by atoms with Crippen LogP contribution >= 0.6 is 0 Å². The average Bonchev–Trinajstić information content (AvgIpc) is 2.63. The quantitative estimate of drug-likeness (QED) is 0.620. The van der Waals surface area contributed by atoms with Crippen LogP contribution in [0.4, 0.5) is 0 Å². The van der Waals surface area contributed by atoms with Crippen LogP contribution in [0.15, 0.2) is 48.7 Å². The molecule has 0 amide bonds. The highest BCUT2D eigenvalue weighted by Gasteiger charge is 2.16. The van der Waals surface area contributed by atoms with Gasteiger partial charge in [-0.05, 0) is 19.1 Å². The third-order valence-corrected chi connectivity index (χ3v) is 3.24. The number of aromatic nitrogens is 1. The molecular weight excluding hydrogens is 310 g/mol. The van der Waals surface area contributed by atoms with E-state index in [9.17, 15) is 9.59 Å². The van der Waals surface area contributed by atoms with Crippen molar-refractivity contribution in [3.63, 3.8) is 0 Å². The molecular formula is C18H17NO5. The monoisotopic (exact) mass is 327 g/mol. The first-order valence-electron chi connectivity index (χ1n) is 7.17. The maximum atomic E-state index is 11.9. The lowest BCUT2D eigenvalue weighted by molar-refractivity contribution is -0.133. The van der Waals surface area contributed by atoms with Crippen LogP contribution in [0.1, 0.15) is 22.8 Å². The lowest BCUT2D eigenvalue weighted by Crippen LogP contribution is -2.05. The Morgan fingerprint density at radius 3 is 2.38 bits per heavy atom. The Labute approximate surface area is 139 Å². The van der Waals surface area contributed by atoms with Crippen molar-refractivity contribution < 1.29 is 23.8 Å². The molecule has 24 heavy (non-hydrogen) atoms. The van der Waals surface area contributed by atoms with Gasteiger partial charge in [0.2, 0.25) is 5.88 Å². The Bertz CT molecular complexity index is 765. The third kappa shape index (κ3) is 3.78. The van der Waals surface area contributed by atoms with Gasteiger partial charge in [-0.15, -0.1) is 0 Å². The SMILES string of the molecule is CC=C(C(=O)OC)c1ccccc1Oc1ccc(C(=O)OC)cn1. The number of pyridine rings is 1. The Morgan fingerprint density at radius 1 is 1.04 bits per heavy atom. The fourth-order valence-electron chi connectivity index (χ4n) is 2.06. The van der Waals surface area contributed by atoms with E-state index in [1.165, 1.54) is 20.4 Å². The summed E-state index contributed by atoms with van der Waals surface area (Å²) in [5.41, 5.74) is 1.30. The minimum Gasteiger partial charge on any atom is -0.465 e. The molecule has 2 aromatic rings. The van der Waals surface area contributed by atoms with Crippen molar-refractivity contribution in [2.45, 2.75) is 6.92 Å². The number of hydrogen-bond acceptors (Lipinski definition) is 6. The maximum absolute atomic E-state index is 11.9. The fraction of sp³-hybridized carbons (Fsp3) is 0.167. The van der Waals surface area contributed by atoms with Gasteiger partial charge >= 0.3 is 11.9 Å². The number of allylic oxidation sites excluding steroid dienone is 1. The van der Waals surface area contributed by atoms with E-state index in [2.05, 4.69) is 9.72 Å². The van der Waals surface area contributed by atoms with Crippen molar-refractivity contribution in [2.24, 2.45) is 0 Å². The summed E-state index contributed by atoms with van der Waals surface area (Å²) in [6.45, 7) is 1.74. The van der Waals surface area contributed by atoms with E-state index < -0.39 is 11.9 Å². The molecule has 1 aromatic heterocycles. The summed E-state index contributed by atoms with van der Waals surface area (Å²) < 4.78 is 15.2. The molecule has 6 nitrogen and oxygen atoms in total. The molecule has 0 atom stereocenters. The first kappa shape index (κ1) is 17.2. The van der Waals surface area contributed by atoms with Gasteiger partial charge in [0.25, 0.3) is 0 Å². The highest BCUT2D eigenvalue weighted by molar-refractivity contribution is 6.17. The molecule has 2 rings (SSSR count). The number of nitrogens with zero attached hydrogens (tertiary/aromatic N) is 1. The van der Waals surface area contributed by atoms with Crippen LogP contribution < -0.4 is 4.74 Å². The predicted molar refractivity (Wildman–Crippen MR) is 87.8 cm³/mol. The summed E-state index contributed by atoms with van der Waals surface area (Å²) in [4.78, 5) is 27.4. The van der Waals surface area contributed by atoms with Gasteiger partial charge in [0.1, 0.15) is 5.75 Å². The van der Waals surface area contributed by atoms with Crippen LogP contribution in [-0.2, 0) is 14.3 Å². The van der Waals surface area contributed by atoms with Crippen molar-refractivity contribution in [2.75, 3.05) is 14.2 Å². The van der Waals surface area contributed by atoms with Crippen molar-refractivity contribution in [1.82, 2.24) is 4.98 Å². The van der Waals surface area contributed by atoms with Crippen LogP contribution in [0, 0.1) is 0 Å². The number of methoxy groups -OCH3 is 2. The number of para-hydroxylation sites is 1. The fourth-order valence-corrected chi connectivity index (χ4v) is 2.06. The molecule has 0 bridgehead atoms. The molecule has 0 saturated carbocycles. The zero-order valence-corrected chi connectivity index (χ0v) is 13.6. The average molecular weight is 327 g/mol. The Morgan fingerprint density at radius 2 is 1.79 bits per heavy atom. The first-order valence-corrected chi connectivity index (χ1v) is 7.17. The Balaban J connectivity index is 2.31. The van der Waals surface area contributed by atoms with E-state index in [0.29, 0.717) is 22.4 Å². The molecule has 1 heterocycles. The van der Waals surface area contributed by atoms with Crippen LogP contribution in [0.25, 0.3) is 5.57 Å². The van der Waals surface area contributed by atoms with Gasteiger partial charge in [-0.1, -0.05) is 24.3 Å². The van der Waals surface area contributed by atoms with Gasteiger partial charge < -0.3 is 14.2 Å². The smallest absolute Gasteiger partial charge is 0.339 e. The van der Waals surface area contributed by atoms with Gasteiger partial charge in [0, 0.05) is 17.8 Å². The second-order valence-electron chi connectivity index (χ2n) is 4.67. The summed E-state index contributed by atoms with van der Waals surface area (Å²) in [6, 6.07) is 10.2. The number of ether oxygens (including phenoxy) is 3. The minimum absolute atomic E-state index is 0.287. The number of esters is 2. The van der Waals surface area contributed by atoms with Gasteiger partial charge in [-0.25, -0.2) is 14.6 Å². The second-order valence-corrected chi connectivity index (χ2v) is 4.67. The number of hydrogen-bond donors (Lipinski definition) is 0. The van der Waals surface area contributed by atoms with E-state index >= 15 is 0 Å². The van der Waals surface area contributed by atoms with Crippen molar-refractivity contribution in [3.8, 4) is 11.6 Å². The van der Waals surface area contributed by atoms with Gasteiger partial charge in [-0.2, -0.15) is 0 Å². The number of rotatable bonds is 5. The second kappa shape index (κ2) is 7.92. The zero-order chi connectivity index (χ0) is 17.5. The van der Waals surface area contributed by atoms with E-state index in [1.54, 1.807) is 49.4 Å². The largest absolute Gasteiger partial charge is 0.465 e. The molecule has 0 unspecified atom stereocenters. The van der Waals surface area contributed by atoms with Gasteiger partial charge in [0.15, 0.2) is 0 Å². The molecule has 0 spiro atoms. The van der Waals surface area contributed by atoms with Crippen LogP contribution in [0.2, 0.25) is 0 Å². The summed E-state index contributed by atoms with van der Waals surface area (Å²) in [7, 11) is 2.62. The molecule has 0 aliphatic heterocycles. The molecule has 1 aromatic carbocycles. The summed E-state index contributed by atoms with van der Waals surface area (Å²) in [5.74, 6) is -0.191. The van der Waals surface area contributed by atoms with Crippen LogP contribution in [0.5, 0.6) is 11.6 Å². The van der Waals surface area contributed by atoms with Gasteiger partial charge in [-0.3, -0.25) is 0 Å². The Hall–Kier alpha value is -3.15. The van der Waals surface area contributed by atoms with E-state index in [0.717, 1.165) is 0 Å². The molecule has 0 fully saturated rings. The van der Waals surface area contributed by atoms with E-state index in [-0.39, 0.29) is 5.88 Å². The highest BCUT2D eigenvalue weighted by Crippen LogP contribution is 2.30. The van der Waals surface area contributed by atoms with Crippen molar-refractivity contribution >= 4 is 17.5 Å². The molecule has 0 aliphatic carbocycles. The number of benzene rings is 1. The molecule has 0 saturated heterocycles. The normalized spacial score (nSPS) is 10.9. The lowest BCUT2D eigenvalue weighted by Gasteiger charge is -2.12. The highest BCUT2D eigenvalue weighted by atomic mass is 16.5. The summed E-state index contributed by atoms with van der Waals surface area (Å²) >= 11 is 0. The topological polar surface area (TPSA) is 74.7 Å². The van der Waals surface area contributed by atoms with Crippen molar-refractivity contribution in [3.05, 3.63) is 59.8 Å². The zero-order valence-electron chi connectivity index (χ0n) is 13.6. The van der Waals surface area contributed by atoms with Crippen LogP contribution in [0.3, 0.4) is 0 Å². The summed E-state index contributed by atoms with van der Waals surface area (Å²) in [6.07, 6.45) is 3.02. The molecule has 124 valence electrons. The molecule has 0 N–H and O–H groups in total. The van der Waals surface area contributed by atoms with Gasteiger partial charge in [0.05, 0.1) is 25.4 Å². The lowest BCUT2D eigenvalue weighted by atomic mass is 10.0. The molecule has 0 aliphatic rings. The maximum Gasteiger partial charge on any atom is 0.339 e. The molecule has 0 radical (unpaired) electrons. The number of carbonyl (C=O) groups is 2.